The summed E-state index contributed by atoms with van der Waals surface area (Å²) >= 11 is 0. The molecule has 1 fully saturated rings. The fourth-order valence-corrected chi connectivity index (χ4v) is 3.03. The summed E-state index contributed by atoms with van der Waals surface area (Å²) in [6.07, 6.45) is 4.82. The molecule has 23 heavy (non-hydrogen) atoms. The summed E-state index contributed by atoms with van der Waals surface area (Å²) in [5.74, 6) is 0.184. The van der Waals surface area contributed by atoms with E-state index in [2.05, 4.69) is 10.4 Å². The van der Waals surface area contributed by atoms with Crippen molar-refractivity contribution in [3.63, 3.8) is 0 Å². The highest BCUT2D eigenvalue weighted by atomic mass is 16.3. The van der Waals surface area contributed by atoms with Crippen LogP contribution in [0.4, 0.5) is 0 Å². The van der Waals surface area contributed by atoms with Crippen molar-refractivity contribution in [3.05, 3.63) is 47.8 Å². The third kappa shape index (κ3) is 3.53. The van der Waals surface area contributed by atoms with Crippen molar-refractivity contribution in [2.75, 3.05) is 0 Å². The first-order valence-electron chi connectivity index (χ1n) is 7.76. The number of phenolic OH excluding ortho intramolecular Hbond substituents is 1. The molecule has 1 heterocycles. The lowest BCUT2D eigenvalue weighted by Crippen LogP contribution is -2.41. The van der Waals surface area contributed by atoms with Crippen LogP contribution in [0.2, 0.25) is 0 Å². The van der Waals surface area contributed by atoms with Crippen molar-refractivity contribution in [2.45, 2.75) is 31.4 Å². The zero-order valence-electron chi connectivity index (χ0n) is 13.0. The Labute approximate surface area is 134 Å². The second kappa shape index (κ2) is 6.42. The Morgan fingerprint density at radius 3 is 2.78 bits per heavy atom. The lowest BCUT2D eigenvalue weighted by Gasteiger charge is -2.37. The molecule has 0 radical (unpaired) electrons. The minimum Gasteiger partial charge on any atom is -0.508 e. The van der Waals surface area contributed by atoms with Gasteiger partial charge >= 0.3 is 0 Å². The second-order valence-electron chi connectivity index (χ2n) is 6.18. The average molecular weight is 315 g/mol. The van der Waals surface area contributed by atoms with Gasteiger partial charge in [-0.25, -0.2) is 0 Å². The van der Waals surface area contributed by atoms with E-state index in [1.54, 1.807) is 35.1 Å². The summed E-state index contributed by atoms with van der Waals surface area (Å²) in [5, 5.41) is 26.5. The van der Waals surface area contributed by atoms with Crippen LogP contribution in [0.25, 0.3) is 0 Å². The maximum Gasteiger partial charge on any atom is 0.225 e. The fraction of sp³-hybridized carbons (Fsp3) is 0.412. The lowest BCUT2D eigenvalue weighted by molar-refractivity contribution is -0.122. The van der Waals surface area contributed by atoms with Gasteiger partial charge in [0.15, 0.2) is 0 Å². The molecule has 0 spiro atoms. The molecular formula is C17H21N3O3. The number of nitrogens with one attached hydrogen (secondary N) is 1. The molecule has 1 aromatic carbocycles. The van der Waals surface area contributed by atoms with Gasteiger partial charge in [0, 0.05) is 24.4 Å². The molecule has 3 N–H and O–H groups in total. The van der Waals surface area contributed by atoms with Gasteiger partial charge in [-0.05, 0) is 24.8 Å². The van der Waals surface area contributed by atoms with Crippen LogP contribution in [-0.2, 0) is 18.3 Å². The van der Waals surface area contributed by atoms with E-state index in [1.165, 1.54) is 0 Å². The van der Waals surface area contributed by atoms with Crippen molar-refractivity contribution in [1.82, 2.24) is 15.1 Å². The van der Waals surface area contributed by atoms with Crippen molar-refractivity contribution in [2.24, 2.45) is 13.0 Å². The molecule has 0 saturated heterocycles. The van der Waals surface area contributed by atoms with Crippen LogP contribution in [0.3, 0.4) is 0 Å². The Hall–Kier alpha value is -2.34. The molecule has 6 nitrogen and oxygen atoms in total. The van der Waals surface area contributed by atoms with Crippen LogP contribution in [0.1, 0.15) is 30.0 Å². The number of phenols is 1. The molecule has 0 unspecified atom stereocenters. The number of rotatable bonds is 5. The number of carbonyl (C=O) groups is 1. The van der Waals surface area contributed by atoms with Crippen LogP contribution < -0.4 is 5.32 Å². The van der Waals surface area contributed by atoms with E-state index in [1.807, 2.05) is 13.2 Å². The SMILES string of the molecule is Cn1cc([C@H](NC(=O)Cc2ccccc2O)C2CC(O)C2)cn1. The highest BCUT2D eigenvalue weighted by Gasteiger charge is 2.36. The molecule has 1 saturated carbocycles. The number of aryl methyl sites for hydroxylation is 1. The molecule has 122 valence electrons. The molecule has 1 atom stereocenters. The quantitative estimate of drug-likeness (QED) is 0.776. The lowest BCUT2D eigenvalue weighted by atomic mass is 9.75. The number of aromatic nitrogens is 2. The summed E-state index contributed by atoms with van der Waals surface area (Å²) in [6, 6.07) is 6.67. The topological polar surface area (TPSA) is 87.4 Å². The van der Waals surface area contributed by atoms with Crippen molar-refractivity contribution in [1.29, 1.82) is 0 Å². The zero-order valence-corrected chi connectivity index (χ0v) is 13.0. The number of aliphatic hydroxyl groups excluding tert-OH is 1. The minimum atomic E-state index is -0.283. The van der Waals surface area contributed by atoms with E-state index < -0.39 is 0 Å². The van der Waals surface area contributed by atoms with Crippen molar-refractivity contribution >= 4 is 5.91 Å². The monoisotopic (exact) mass is 315 g/mol. The molecular weight excluding hydrogens is 294 g/mol. The zero-order chi connectivity index (χ0) is 16.4. The number of aliphatic hydroxyl groups is 1. The fourth-order valence-electron chi connectivity index (χ4n) is 3.03. The van der Waals surface area contributed by atoms with Gasteiger partial charge in [-0.1, -0.05) is 18.2 Å². The number of para-hydroxylation sites is 1. The highest BCUT2D eigenvalue weighted by Crippen LogP contribution is 2.38. The standard InChI is InChI=1S/C17H21N3O3/c1-20-10-13(9-18-20)17(12-6-14(21)7-12)19-16(23)8-11-4-2-3-5-15(11)22/h2-5,9-10,12,14,17,21-22H,6-8H2,1H3,(H,19,23)/t12?,14?,17-/m1/s1. The van der Waals surface area contributed by atoms with Gasteiger partial charge in [-0.2, -0.15) is 5.10 Å². The molecule has 1 aliphatic rings. The Bertz CT molecular complexity index is 692. The third-order valence-corrected chi connectivity index (χ3v) is 4.36. The first kappa shape index (κ1) is 15.6. The smallest absolute Gasteiger partial charge is 0.225 e. The number of hydrogen-bond acceptors (Lipinski definition) is 4. The molecule has 2 aromatic rings. The second-order valence-corrected chi connectivity index (χ2v) is 6.18. The van der Waals surface area contributed by atoms with Crippen molar-refractivity contribution < 1.29 is 15.0 Å². The van der Waals surface area contributed by atoms with E-state index in [-0.39, 0.29) is 36.1 Å². The summed E-state index contributed by atoms with van der Waals surface area (Å²) in [7, 11) is 1.83. The predicted molar refractivity (Wildman–Crippen MR) is 84.6 cm³/mol. The number of hydrogen-bond donors (Lipinski definition) is 3. The van der Waals surface area contributed by atoms with Gasteiger partial charge in [0.05, 0.1) is 24.8 Å². The largest absolute Gasteiger partial charge is 0.508 e. The van der Waals surface area contributed by atoms with Crippen LogP contribution in [0, 0.1) is 5.92 Å². The number of carbonyl (C=O) groups excluding carboxylic acids is 1. The number of benzene rings is 1. The predicted octanol–water partition coefficient (Wildman–Crippen LogP) is 1.30. The molecule has 1 aliphatic carbocycles. The normalized spacial score (nSPS) is 21.5. The molecule has 1 amide bonds. The number of nitrogens with zero attached hydrogens (tertiary/aromatic N) is 2. The number of amides is 1. The van der Waals surface area contributed by atoms with Gasteiger partial charge in [0.1, 0.15) is 5.75 Å². The summed E-state index contributed by atoms with van der Waals surface area (Å²) < 4.78 is 1.70. The Balaban J connectivity index is 1.71. The van der Waals surface area contributed by atoms with Gasteiger partial charge in [-0.3, -0.25) is 9.48 Å². The van der Waals surface area contributed by atoms with E-state index >= 15 is 0 Å². The Kier molecular flexibility index (Phi) is 4.34. The summed E-state index contributed by atoms with van der Waals surface area (Å²) in [5.41, 5.74) is 1.54. The number of aromatic hydroxyl groups is 1. The maximum absolute atomic E-state index is 12.4. The Morgan fingerprint density at radius 1 is 1.43 bits per heavy atom. The molecule has 3 rings (SSSR count). The highest BCUT2D eigenvalue weighted by molar-refractivity contribution is 5.79. The van der Waals surface area contributed by atoms with Gasteiger partial charge in [0.2, 0.25) is 5.91 Å². The summed E-state index contributed by atoms with van der Waals surface area (Å²) in [4.78, 5) is 12.4. The summed E-state index contributed by atoms with van der Waals surface area (Å²) in [6.45, 7) is 0. The van der Waals surface area contributed by atoms with Crippen LogP contribution >= 0.6 is 0 Å². The van der Waals surface area contributed by atoms with Gasteiger partial charge < -0.3 is 15.5 Å². The maximum atomic E-state index is 12.4. The molecule has 0 bridgehead atoms. The third-order valence-electron chi connectivity index (χ3n) is 4.36. The van der Waals surface area contributed by atoms with Gasteiger partial charge in [-0.15, -0.1) is 0 Å². The van der Waals surface area contributed by atoms with E-state index in [9.17, 15) is 15.0 Å². The van der Waals surface area contributed by atoms with Crippen molar-refractivity contribution in [3.8, 4) is 5.75 Å². The van der Waals surface area contributed by atoms with E-state index in [0.29, 0.717) is 18.4 Å². The minimum absolute atomic E-state index is 0.124. The molecule has 1 aromatic heterocycles. The molecule has 6 heteroatoms. The van der Waals surface area contributed by atoms with E-state index in [0.717, 1.165) is 5.56 Å². The Morgan fingerprint density at radius 2 is 2.17 bits per heavy atom. The van der Waals surface area contributed by atoms with Crippen LogP contribution in [-0.4, -0.2) is 32.0 Å². The van der Waals surface area contributed by atoms with E-state index in [4.69, 9.17) is 0 Å². The molecule has 0 aliphatic heterocycles. The first-order valence-corrected chi connectivity index (χ1v) is 7.76. The average Bonchev–Trinajstić information content (AvgIpc) is 2.91. The first-order chi connectivity index (χ1) is 11.0. The van der Waals surface area contributed by atoms with Gasteiger partial charge in [0.25, 0.3) is 0 Å². The van der Waals surface area contributed by atoms with Crippen LogP contribution in [0.5, 0.6) is 5.75 Å². The van der Waals surface area contributed by atoms with Crippen LogP contribution in [0.15, 0.2) is 36.7 Å².